The van der Waals surface area contributed by atoms with Gasteiger partial charge in [-0.3, -0.25) is 14.5 Å². The van der Waals surface area contributed by atoms with Crippen molar-refractivity contribution in [2.75, 3.05) is 0 Å². The summed E-state index contributed by atoms with van der Waals surface area (Å²) in [7, 11) is 0. The first-order chi connectivity index (χ1) is 8.49. The summed E-state index contributed by atoms with van der Waals surface area (Å²) >= 11 is 1.10. The lowest BCUT2D eigenvalue weighted by Crippen LogP contribution is -2.42. The van der Waals surface area contributed by atoms with E-state index in [0.29, 0.717) is 18.4 Å². The number of imide groups is 1. The first kappa shape index (κ1) is 12.8. The van der Waals surface area contributed by atoms with Crippen LogP contribution in [0.2, 0.25) is 0 Å². The predicted molar refractivity (Wildman–Crippen MR) is 65.2 cm³/mol. The third-order valence-corrected chi connectivity index (χ3v) is 3.86. The molecule has 0 aromatic carbocycles. The highest BCUT2D eigenvalue weighted by Crippen LogP contribution is 2.24. The molecule has 2 rings (SSSR count). The number of amides is 2. The Kier molecular flexibility index (Phi) is 3.47. The topological polar surface area (TPSA) is 74.7 Å². The van der Waals surface area contributed by atoms with E-state index in [-0.39, 0.29) is 29.2 Å². The Morgan fingerprint density at radius 3 is 2.61 bits per heavy atom. The number of aromatic carboxylic acids is 1. The van der Waals surface area contributed by atoms with Crippen LogP contribution in [-0.4, -0.2) is 27.8 Å². The molecule has 1 fully saturated rings. The molecular weight excluding hydrogens is 254 g/mol. The van der Waals surface area contributed by atoms with E-state index in [2.05, 4.69) is 0 Å². The molecule has 96 valence electrons. The van der Waals surface area contributed by atoms with Crippen molar-refractivity contribution in [2.24, 2.45) is 5.92 Å². The van der Waals surface area contributed by atoms with E-state index in [4.69, 9.17) is 5.11 Å². The second kappa shape index (κ2) is 4.89. The summed E-state index contributed by atoms with van der Waals surface area (Å²) in [5.74, 6) is -1.39. The molecule has 0 aliphatic carbocycles. The molecule has 18 heavy (non-hydrogen) atoms. The van der Waals surface area contributed by atoms with Gasteiger partial charge in [0.25, 0.3) is 0 Å². The number of carboxylic acids is 1. The molecule has 0 unspecified atom stereocenters. The van der Waals surface area contributed by atoms with Crippen molar-refractivity contribution in [3.05, 3.63) is 21.9 Å². The van der Waals surface area contributed by atoms with Crippen LogP contribution in [0.1, 0.15) is 35.0 Å². The van der Waals surface area contributed by atoms with Gasteiger partial charge in [0.2, 0.25) is 11.8 Å². The molecule has 1 N–H and O–H groups in total. The number of likely N-dealkylation sites (tertiary alicyclic amines) is 1. The maximum Gasteiger partial charge on any atom is 0.346 e. The fourth-order valence-electron chi connectivity index (χ4n) is 2.02. The van der Waals surface area contributed by atoms with Gasteiger partial charge in [-0.2, -0.15) is 0 Å². The Bertz CT molecular complexity index is 490. The first-order valence-electron chi connectivity index (χ1n) is 5.62. The monoisotopic (exact) mass is 267 g/mol. The van der Waals surface area contributed by atoms with E-state index >= 15 is 0 Å². The highest BCUT2D eigenvalue weighted by molar-refractivity contribution is 7.12. The lowest BCUT2D eigenvalue weighted by molar-refractivity contribution is -0.150. The number of carbonyl (C=O) groups is 3. The number of thiophene rings is 1. The summed E-state index contributed by atoms with van der Waals surface area (Å²) < 4.78 is 0. The molecule has 1 aromatic rings. The largest absolute Gasteiger partial charge is 0.477 e. The van der Waals surface area contributed by atoms with Gasteiger partial charge in [-0.25, -0.2) is 4.79 Å². The molecule has 1 saturated heterocycles. The Morgan fingerprint density at radius 2 is 2.06 bits per heavy atom. The van der Waals surface area contributed by atoms with Gasteiger partial charge in [-0.1, -0.05) is 6.92 Å². The van der Waals surface area contributed by atoms with E-state index in [1.165, 1.54) is 0 Å². The van der Waals surface area contributed by atoms with Crippen molar-refractivity contribution < 1.29 is 19.5 Å². The van der Waals surface area contributed by atoms with Gasteiger partial charge < -0.3 is 5.11 Å². The lowest BCUT2D eigenvalue weighted by Gasteiger charge is -2.28. The van der Waals surface area contributed by atoms with Crippen molar-refractivity contribution in [3.63, 3.8) is 0 Å². The van der Waals surface area contributed by atoms with Gasteiger partial charge in [-0.15, -0.1) is 11.3 Å². The Balaban J connectivity index is 2.18. The van der Waals surface area contributed by atoms with Crippen LogP contribution in [-0.2, 0) is 16.1 Å². The van der Waals surface area contributed by atoms with Gasteiger partial charge in [0.05, 0.1) is 6.54 Å². The standard InChI is InChI=1S/C12H13NO4S/c1-7-4-9(14)13(10(15)5-7)6-8-2-3-18-11(8)12(16)17/h2-3,7H,4-6H2,1H3,(H,16,17). The van der Waals surface area contributed by atoms with Crippen LogP contribution in [0.5, 0.6) is 0 Å². The van der Waals surface area contributed by atoms with Crippen molar-refractivity contribution in [2.45, 2.75) is 26.3 Å². The highest BCUT2D eigenvalue weighted by Gasteiger charge is 2.31. The normalized spacial score (nSPS) is 17.3. The summed E-state index contributed by atoms with van der Waals surface area (Å²) in [5, 5.41) is 10.6. The maximum absolute atomic E-state index is 11.8. The molecule has 1 aliphatic rings. The average Bonchev–Trinajstić information content (AvgIpc) is 2.71. The van der Waals surface area contributed by atoms with Crippen LogP contribution < -0.4 is 0 Å². The summed E-state index contributed by atoms with van der Waals surface area (Å²) in [6.45, 7) is 1.93. The van der Waals surface area contributed by atoms with E-state index in [0.717, 1.165) is 16.2 Å². The van der Waals surface area contributed by atoms with Crippen molar-refractivity contribution in [3.8, 4) is 0 Å². The number of nitrogens with zero attached hydrogens (tertiary/aromatic N) is 1. The zero-order chi connectivity index (χ0) is 13.3. The minimum atomic E-state index is -1.02. The van der Waals surface area contributed by atoms with Crippen LogP contribution in [0.3, 0.4) is 0 Å². The fraction of sp³-hybridized carbons (Fsp3) is 0.417. The second-order valence-electron chi connectivity index (χ2n) is 4.47. The molecule has 0 atom stereocenters. The molecule has 1 aliphatic heterocycles. The van der Waals surface area contributed by atoms with Gasteiger partial charge in [-0.05, 0) is 22.9 Å². The van der Waals surface area contributed by atoms with E-state index in [1.54, 1.807) is 11.4 Å². The van der Waals surface area contributed by atoms with Gasteiger partial charge >= 0.3 is 5.97 Å². The van der Waals surface area contributed by atoms with E-state index in [1.807, 2.05) is 6.92 Å². The van der Waals surface area contributed by atoms with Crippen LogP contribution in [0.15, 0.2) is 11.4 Å². The number of hydrogen-bond acceptors (Lipinski definition) is 4. The zero-order valence-electron chi connectivity index (χ0n) is 9.88. The summed E-state index contributed by atoms with van der Waals surface area (Å²) in [4.78, 5) is 35.9. The van der Waals surface area contributed by atoms with E-state index < -0.39 is 5.97 Å². The molecule has 0 saturated carbocycles. The zero-order valence-corrected chi connectivity index (χ0v) is 10.7. The van der Waals surface area contributed by atoms with Crippen molar-refractivity contribution in [1.82, 2.24) is 4.90 Å². The lowest BCUT2D eigenvalue weighted by atomic mass is 9.97. The molecule has 0 radical (unpaired) electrons. The highest BCUT2D eigenvalue weighted by atomic mass is 32.1. The molecular formula is C12H13NO4S. The molecule has 0 spiro atoms. The summed E-state index contributed by atoms with van der Waals surface area (Å²) in [6.07, 6.45) is 0.691. The third-order valence-electron chi connectivity index (χ3n) is 2.92. The molecule has 2 heterocycles. The average molecular weight is 267 g/mol. The van der Waals surface area contributed by atoms with Crippen molar-refractivity contribution >= 4 is 29.1 Å². The molecule has 1 aromatic heterocycles. The summed E-state index contributed by atoms with van der Waals surface area (Å²) in [5.41, 5.74) is 0.517. The quantitative estimate of drug-likeness (QED) is 0.846. The number of carbonyl (C=O) groups excluding carboxylic acids is 2. The van der Waals surface area contributed by atoms with Crippen molar-refractivity contribution in [1.29, 1.82) is 0 Å². The fourth-order valence-corrected chi connectivity index (χ4v) is 2.78. The number of hydrogen-bond donors (Lipinski definition) is 1. The Labute approximate surface area is 108 Å². The summed E-state index contributed by atoms with van der Waals surface area (Å²) in [6, 6.07) is 1.65. The molecule has 6 heteroatoms. The van der Waals surface area contributed by atoms with Crippen LogP contribution in [0, 0.1) is 5.92 Å². The van der Waals surface area contributed by atoms with Gasteiger partial charge in [0.15, 0.2) is 0 Å². The van der Waals surface area contributed by atoms with E-state index in [9.17, 15) is 14.4 Å². The number of piperidine rings is 1. The second-order valence-corrected chi connectivity index (χ2v) is 5.38. The van der Waals surface area contributed by atoms with Crippen LogP contribution in [0.4, 0.5) is 0 Å². The SMILES string of the molecule is CC1CC(=O)N(Cc2ccsc2C(=O)O)C(=O)C1. The molecule has 0 bridgehead atoms. The van der Waals surface area contributed by atoms with Gasteiger partial charge in [0.1, 0.15) is 4.88 Å². The Hall–Kier alpha value is -1.69. The smallest absolute Gasteiger partial charge is 0.346 e. The van der Waals surface area contributed by atoms with Crippen LogP contribution in [0.25, 0.3) is 0 Å². The number of carboxylic acid groups (broad SMARTS) is 1. The maximum atomic E-state index is 11.8. The van der Waals surface area contributed by atoms with Crippen LogP contribution >= 0.6 is 11.3 Å². The Morgan fingerprint density at radius 1 is 1.44 bits per heavy atom. The molecule has 2 amide bonds. The third kappa shape index (κ3) is 2.43. The minimum Gasteiger partial charge on any atom is -0.477 e. The molecule has 5 nitrogen and oxygen atoms in total. The first-order valence-corrected chi connectivity index (χ1v) is 6.50. The number of rotatable bonds is 3. The van der Waals surface area contributed by atoms with Gasteiger partial charge in [0, 0.05) is 12.8 Å². The minimum absolute atomic E-state index is 0.0650. The predicted octanol–water partition coefficient (Wildman–Crippen LogP) is 1.73.